The van der Waals surface area contributed by atoms with Crippen molar-refractivity contribution in [2.24, 2.45) is 5.92 Å². The van der Waals surface area contributed by atoms with E-state index in [1.807, 2.05) is 0 Å². The minimum absolute atomic E-state index is 0.00230. The Bertz CT molecular complexity index is 1100. The minimum atomic E-state index is -4.01. The van der Waals surface area contributed by atoms with Crippen LogP contribution in [-0.4, -0.2) is 52.0 Å². The molecule has 10 heteroatoms. The summed E-state index contributed by atoms with van der Waals surface area (Å²) in [6.07, 6.45) is 1.99. The zero-order valence-corrected chi connectivity index (χ0v) is 20.1. The fourth-order valence-corrected chi connectivity index (χ4v) is 4.93. The van der Waals surface area contributed by atoms with Crippen LogP contribution in [0.2, 0.25) is 5.02 Å². The molecule has 33 heavy (non-hydrogen) atoms. The zero-order chi connectivity index (χ0) is 24.0. The second kappa shape index (κ2) is 11.0. The number of carbonyl (C=O) groups is 2. The number of halogens is 1. The number of benzene rings is 2. The van der Waals surface area contributed by atoms with Crippen LogP contribution in [0.15, 0.2) is 47.4 Å². The molecule has 8 nitrogen and oxygen atoms in total. The number of carbonyl (C=O) groups excluding carboxylic acids is 2. The Hall–Kier alpha value is -2.62. The maximum atomic E-state index is 12.9. The number of esters is 1. The summed E-state index contributed by atoms with van der Waals surface area (Å²) in [4.78, 5) is 26.4. The van der Waals surface area contributed by atoms with Gasteiger partial charge in [0.2, 0.25) is 10.0 Å². The zero-order valence-electron chi connectivity index (χ0n) is 18.5. The number of methoxy groups -OCH3 is 1. The van der Waals surface area contributed by atoms with Crippen molar-refractivity contribution in [1.82, 2.24) is 9.62 Å². The van der Waals surface area contributed by atoms with E-state index in [4.69, 9.17) is 21.1 Å². The van der Waals surface area contributed by atoms with Crippen molar-refractivity contribution in [2.45, 2.75) is 31.2 Å². The molecule has 0 aromatic heterocycles. The third kappa shape index (κ3) is 6.69. The molecule has 1 atom stereocenters. The van der Waals surface area contributed by atoms with Crippen LogP contribution in [0.1, 0.15) is 35.7 Å². The topological polar surface area (TPSA) is 102 Å². The number of likely N-dealkylation sites (tertiary alicyclic amines) is 1. The van der Waals surface area contributed by atoms with Crippen molar-refractivity contribution < 1.29 is 27.5 Å². The average Bonchev–Trinajstić information content (AvgIpc) is 2.81. The second-order valence-electron chi connectivity index (χ2n) is 7.98. The van der Waals surface area contributed by atoms with Crippen LogP contribution in [0.25, 0.3) is 0 Å². The SMILES string of the molecule is COc1ccc(C(=O)OCC(=O)N2CCCC(C)C2)cc1S(=O)(=O)NCc1ccc(Cl)cc1. The Balaban J connectivity index is 1.69. The first kappa shape index (κ1) is 25.0. The Kier molecular flexibility index (Phi) is 8.34. The first-order chi connectivity index (χ1) is 15.7. The van der Waals surface area contributed by atoms with Crippen LogP contribution in [0.4, 0.5) is 0 Å². The first-order valence-corrected chi connectivity index (χ1v) is 12.4. The third-order valence-corrected chi connectivity index (χ3v) is 7.08. The molecule has 0 bridgehead atoms. The van der Waals surface area contributed by atoms with Gasteiger partial charge in [-0.1, -0.05) is 30.7 Å². The lowest BCUT2D eigenvalue weighted by molar-refractivity contribution is -0.136. The highest BCUT2D eigenvalue weighted by Gasteiger charge is 2.24. The van der Waals surface area contributed by atoms with E-state index in [1.54, 1.807) is 29.2 Å². The van der Waals surface area contributed by atoms with E-state index in [-0.39, 0.29) is 28.7 Å². The van der Waals surface area contributed by atoms with Gasteiger partial charge in [0.15, 0.2) is 6.61 Å². The number of amides is 1. The Morgan fingerprint density at radius 2 is 1.91 bits per heavy atom. The molecule has 178 valence electrons. The third-order valence-electron chi connectivity index (χ3n) is 5.40. The molecule has 3 rings (SSSR count). The van der Waals surface area contributed by atoms with E-state index in [0.29, 0.717) is 29.6 Å². The van der Waals surface area contributed by atoms with Gasteiger partial charge in [0.05, 0.1) is 12.7 Å². The molecule has 2 aromatic carbocycles. The van der Waals surface area contributed by atoms with Gasteiger partial charge < -0.3 is 14.4 Å². The van der Waals surface area contributed by atoms with Crippen molar-refractivity contribution in [3.8, 4) is 5.75 Å². The molecule has 0 radical (unpaired) electrons. The fraction of sp³-hybridized carbons (Fsp3) is 0.391. The van der Waals surface area contributed by atoms with Crippen molar-refractivity contribution in [3.05, 3.63) is 58.6 Å². The van der Waals surface area contributed by atoms with E-state index in [9.17, 15) is 18.0 Å². The molecular weight excluding hydrogens is 468 g/mol. The van der Waals surface area contributed by atoms with Crippen molar-refractivity contribution >= 4 is 33.5 Å². The summed E-state index contributed by atoms with van der Waals surface area (Å²) >= 11 is 5.86. The van der Waals surface area contributed by atoms with Gasteiger partial charge in [0.25, 0.3) is 5.91 Å². The molecule has 0 saturated carbocycles. The summed E-state index contributed by atoms with van der Waals surface area (Å²) in [5.74, 6) is -0.562. The quantitative estimate of drug-likeness (QED) is 0.565. The van der Waals surface area contributed by atoms with Gasteiger partial charge in [-0.25, -0.2) is 17.9 Å². The number of ether oxygens (including phenoxy) is 2. The molecule has 1 heterocycles. The molecule has 1 fully saturated rings. The number of nitrogens with zero attached hydrogens (tertiary/aromatic N) is 1. The fourth-order valence-electron chi connectivity index (χ4n) is 3.59. The number of piperidine rings is 1. The van der Waals surface area contributed by atoms with Crippen molar-refractivity contribution in [1.29, 1.82) is 0 Å². The minimum Gasteiger partial charge on any atom is -0.495 e. The predicted octanol–water partition coefficient (Wildman–Crippen LogP) is 3.24. The molecule has 1 aliphatic heterocycles. The number of hydrogen-bond acceptors (Lipinski definition) is 6. The molecular formula is C23H27ClN2O6S. The van der Waals surface area contributed by atoms with Crippen LogP contribution in [0.3, 0.4) is 0 Å². The average molecular weight is 495 g/mol. The number of nitrogens with one attached hydrogen (secondary N) is 1. The maximum absolute atomic E-state index is 12.9. The maximum Gasteiger partial charge on any atom is 0.338 e. The second-order valence-corrected chi connectivity index (χ2v) is 10.2. The molecule has 1 amide bonds. The number of rotatable bonds is 8. The molecule has 1 saturated heterocycles. The summed E-state index contributed by atoms with van der Waals surface area (Å²) in [6.45, 7) is 2.99. The van der Waals surface area contributed by atoms with E-state index in [0.717, 1.165) is 12.8 Å². The van der Waals surface area contributed by atoms with E-state index < -0.39 is 22.6 Å². The van der Waals surface area contributed by atoms with Crippen LogP contribution in [0, 0.1) is 5.92 Å². The summed E-state index contributed by atoms with van der Waals surface area (Å²) in [5, 5.41) is 0.544. The molecule has 0 aliphatic carbocycles. The van der Waals surface area contributed by atoms with Gasteiger partial charge in [-0.15, -0.1) is 0 Å². The summed E-state index contributed by atoms with van der Waals surface area (Å²) in [5.41, 5.74) is 0.713. The normalized spacial score (nSPS) is 16.3. The summed E-state index contributed by atoms with van der Waals surface area (Å²) in [6, 6.07) is 10.7. The number of sulfonamides is 1. The molecule has 2 aromatic rings. The van der Waals surface area contributed by atoms with Gasteiger partial charge in [-0.2, -0.15) is 0 Å². The monoisotopic (exact) mass is 494 g/mol. The van der Waals surface area contributed by atoms with Gasteiger partial charge in [0.1, 0.15) is 10.6 Å². The largest absolute Gasteiger partial charge is 0.495 e. The van der Waals surface area contributed by atoms with Gasteiger partial charge >= 0.3 is 5.97 Å². The van der Waals surface area contributed by atoms with E-state index >= 15 is 0 Å². The highest BCUT2D eigenvalue weighted by Crippen LogP contribution is 2.26. The lowest BCUT2D eigenvalue weighted by Gasteiger charge is -2.30. The Morgan fingerprint density at radius 3 is 2.58 bits per heavy atom. The van der Waals surface area contributed by atoms with Gasteiger partial charge in [-0.05, 0) is 54.7 Å². The highest BCUT2D eigenvalue weighted by molar-refractivity contribution is 7.89. The van der Waals surface area contributed by atoms with Crippen molar-refractivity contribution in [2.75, 3.05) is 26.8 Å². The van der Waals surface area contributed by atoms with Crippen LogP contribution < -0.4 is 9.46 Å². The number of hydrogen-bond donors (Lipinski definition) is 1. The summed E-state index contributed by atoms with van der Waals surface area (Å²) < 4.78 is 38.6. The Morgan fingerprint density at radius 1 is 1.18 bits per heavy atom. The molecule has 1 aliphatic rings. The van der Waals surface area contributed by atoms with E-state index in [1.165, 1.54) is 25.3 Å². The van der Waals surface area contributed by atoms with E-state index in [2.05, 4.69) is 11.6 Å². The van der Waals surface area contributed by atoms with Crippen LogP contribution >= 0.6 is 11.6 Å². The Labute approximate surface area is 198 Å². The molecule has 0 spiro atoms. The highest BCUT2D eigenvalue weighted by atomic mass is 35.5. The van der Waals surface area contributed by atoms with Crippen molar-refractivity contribution in [3.63, 3.8) is 0 Å². The van der Waals surface area contributed by atoms with Gasteiger partial charge in [0, 0.05) is 24.7 Å². The predicted molar refractivity (Wildman–Crippen MR) is 124 cm³/mol. The summed E-state index contributed by atoms with van der Waals surface area (Å²) in [7, 11) is -2.68. The lowest BCUT2D eigenvalue weighted by atomic mass is 10.0. The van der Waals surface area contributed by atoms with Crippen LogP contribution in [0.5, 0.6) is 5.75 Å². The van der Waals surface area contributed by atoms with Gasteiger partial charge in [-0.3, -0.25) is 4.79 Å². The van der Waals surface area contributed by atoms with Crippen LogP contribution in [-0.2, 0) is 26.1 Å². The molecule has 1 unspecified atom stereocenters. The smallest absolute Gasteiger partial charge is 0.338 e. The first-order valence-electron chi connectivity index (χ1n) is 10.6. The molecule has 1 N–H and O–H groups in total. The standard InChI is InChI=1S/C23H27ClN2O6S/c1-16-4-3-11-26(14-16)22(27)15-32-23(28)18-7-10-20(31-2)21(12-18)33(29,30)25-13-17-5-8-19(24)9-6-17/h5-10,12,16,25H,3-4,11,13-15H2,1-2H3. The lowest BCUT2D eigenvalue weighted by Crippen LogP contribution is -2.41.